The van der Waals surface area contributed by atoms with E-state index in [1.807, 2.05) is 0 Å². The van der Waals surface area contributed by atoms with Crippen molar-refractivity contribution in [2.75, 3.05) is 16.9 Å². The number of amides is 2. The highest BCUT2D eigenvalue weighted by atomic mass is 32.2. The maximum atomic E-state index is 12.8. The molecule has 3 rings (SSSR count). The van der Waals surface area contributed by atoms with Gasteiger partial charge < -0.3 is 10.2 Å². The van der Waals surface area contributed by atoms with E-state index in [2.05, 4.69) is 5.32 Å². The fraction of sp³-hybridized carbons (Fsp3) is 0.222. The molecule has 1 aliphatic heterocycles. The lowest BCUT2D eigenvalue weighted by Crippen LogP contribution is -2.44. The summed E-state index contributed by atoms with van der Waals surface area (Å²) in [6.07, 6.45) is -4.59. The van der Waals surface area contributed by atoms with Crippen molar-refractivity contribution in [1.82, 2.24) is 4.90 Å². The zero-order chi connectivity index (χ0) is 20.5. The van der Waals surface area contributed by atoms with Crippen LogP contribution < -0.4 is 5.32 Å². The van der Waals surface area contributed by atoms with Crippen molar-refractivity contribution in [3.05, 3.63) is 65.7 Å². The molecular weight excluding hydrogens is 397 g/mol. The van der Waals surface area contributed by atoms with Gasteiger partial charge in [-0.05, 0) is 30.3 Å². The number of nitrogens with zero attached hydrogens (tertiary/aromatic N) is 1. The lowest BCUT2D eigenvalue weighted by molar-refractivity contribution is -0.137. The fourth-order valence-electron chi connectivity index (χ4n) is 2.85. The predicted octanol–water partition coefficient (Wildman–Crippen LogP) is 2.54. The van der Waals surface area contributed by atoms with Crippen LogP contribution >= 0.6 is 0 Å². The Morgan fingerprint density at radius 2 is 1.71 bits per heavy atom. The number of carbonyl (C=O) groups is 2. The molecule has 0 radical (unpaired) electrons. The Hall–Kier alpha value is -2.88. The van der Waals surface area contributed by atoms with Crippen LogP contribution in [0.1, 0.15) is 15.9 Å². The number of halogens is 3. The Labute approximate surface area is 158 Å². The van der Waals surface area contributed by atoms with Crippen LogP contribution in [0.15, 0.2) is 54.6 Å². The van der Waals surface area contributed by atoms with Crippen molar-refractivity contribution < 1.29 is 31.2 Å². The van der Waals surface area contributed by atoms with Gasteiger partial charge in [0, 0.05) is 11.3 Å². The molecule has 1 atom stereocenters. The average Bonchev–Trinajstić information content (AvgIpc) is 2.97. The molecule has 2 amide bonds. The normalized spacial score (nSPS) is 18.7. The van der Waals surface area contributed by atoms with Gasteiger partial charge in [-0.2, -0.15) is 13.2 Å². The van der Waals surface area contributed by atoms with Crippen LogP contribution in [0.3, 0.4) is 0 Å². The van der Waals surface area contributed by atoms with Crippen molar-refractivity contribution in [2.45, 2.75) is 12.2 Å². The number of rotatable bonds is 3. The van der Waals surface area contributed by atoms with Gasteiger partial charge in [0.25, 0.3) is 5.91 Å². The van der Waals surface area contributed by atoms with Gasteiger partial charge in [0.1, 0.15) is 11.9 Å². The first-order chi connectivity index (χ1) is 13.1. The number of anilines is 1. The molecule has 1 N–H and O–H groups in total. The van der Waals surface area contributed by atoms with Crippen molar-refractivity contribution >= 4 is 27.3 Å². The number of hydrogen-bond acceptors (Lipinski definition) is 4. The second kappa shape index (κ2) is 7.27. The number of benzene rings is 2. The quantitative estimate of drug-likeness (QED) is 0.840. The average molecular weight is 412 g/mol. The minimum absolute atomic E-state index is 0.142. The summed E-state index contributed by atoms with van der Waals surface area (Å²) in [4.78, 5) is 26.1. The van der Waals surface area contributed by atoms with E-state index in [1.54, 1.807) is 18.2 Å². The molecule has 148 valence electrons. The van der Waals surface area contributed by atoms with Gasteiger partial charge in [-0.15, -0.1) is 0 Å². The minimum atomic E-state index is -4.59. The molecule has 0 unspecified atom stereocenters. The second-order valence-electron chi connectivity index (χ2n) is 6.26. The maximum Gasteiger partial charge on any atom is 0.416 e. The number of nitrogens with one attached hydrogen (secondary N) is 1. The number of carbonyl (C=O) groups excluding carboxylic acids is 2. The van der Waals surface area contributed by atoms with Gasteiger partial charge >= 0.3 is 6.18 Å². The third kappa shape index (κ3) is 4.33. The summed E-state index contributed by atoms with van der Waals surface area (Å²) in [5.41, 5.74) is -0.894. The monoisotopic (exact) mass is 412 g/mol. The standard InChI is InChI=1S/C18H15F3N2O4S/c19-18(20,21)13-7-4-8-14(9-13)22-16(24)15-10-28(26,27)11-23(15)17(25)12-5-2-1-3-6-12/h1-9,15H,10-11H2,(H,22,24)/t15-/m0/s1. The third-order valence-electron chi connectivity index (χ3n) is 4.17. The molecule has 2 aromatic carbocycles. The molecule has 1 saturated heterocycles. The molecule has 0 saturated carbocycles. The molecule has 0 aromatic heterocycles. The number of hydrogen-bond donors (Lipinski definition) is 1. The summed E-state index contributed by atoms with van der Waals surface area (Å²) < 4.78 is 62.5. The first-order valence-corrected chi connectivity index (χ1v) is 9.93. The van der Waals surface area contributed by atoms with Crippen molar-refractivity contribution in [3.8, 4) is 0 Å². The van der Waals surface area contributed by atoms with Crippen LogP contribution in [0.5, 0.6) is 0 Å². The van der Waals surface area contributed by atoms with Crippen LogP contribution in [0.2, 0.25) is 0 Å². The van der Waals surface area contributed by atoms with E-state index >= 15 is 0 Å². The van der Waals surface area contributed by atoms with Gasteiger partial charge in [-0.25, -0.2) is 8.42 Å². The van der Waals surface area contributed by atoms with E-state index in [0.29, 0.717) is 0 Å². The summed E-state index contributed by atoms with van der Waals surface area (Å²) in [6.45, 7) is 0. The minimum Gasteiger partial charge on any atom is -0.324 e. The highest BCUT2D eigenvalue weighted by molar-refractivity contribution is 7.91. The molecule has 0 bridgehead atoms. The van der Waals surface area contributed by atoms with Gasteiger partial charge in [-0.1, -0.05) is 24.3 Å². The smallest absolute Gasteiger partial charge is 0.324 e. The first kappa shape index (κ1) is 19.9. The van der Waals surface area contributed by atoms with E-state index in [1.165, 1.54) is 18.2 Å². The second-order valence-corrected chi connectivity index (χ2v) is 8.34. The molecule has 0 aliphatic carbocycles. The maximum absolute atomic E-state index is 12.8. The first-order valence-electron chi connectivity index (χ1n) is 8.11. The van der Waals surface area contributed by atoms with Crippen LogP contribution in [0.4, 0.5) is 18.9 Å². The van der Waals surface area contributed by atoms with Gasteiger partial charge in [0.05, 0.1) is 11.3 Å². The van der Waals surface area contributed by atoms with E-state index in [-0.39, 0.29) is 11.3 Å². The molecule has 6 nitrogen and oxygen atoms in total. The Morgan fingerprint density at radius 3 is 2.36 bits per heavy atom. The highest BCUT2D eigenvalue weighted by Crippen LogP contribution is 2.31. The molecule has 28 heavy (non-hydrogen) atoms. The topological polar surface area (TPSA) is 83.6 Å². The van der Waals surface area contributed by atoms with Gasteiger partial charge in [0.2, 0.25) is 5.91 Å². The lowest BCUT2D eigenvalue weighted by Gasteiger charge is -2.22. The Balaban J connectivity index is 1.84. The largest absolute Gasteiger partial charge is 0.416 e. The van der Waals surface area contributed by atoms with Gasteiger partial charge in [-0.3, -0.25) is 9.59 Å². The summed E-state index contributed by atoms with van der Waals surface area (Å²) in [5.74, 6) is -2.76. The number of alkyl halides is 3. The lowest BCUT2D eigenvalue weighted by atomic mass is 10.1. The van der Waals surface area contributed by atoms with E-state index in [9.17, 15) is 31.2 Å². The van der Waals surface area contributed by atoms with Crippen LogP contribution in [0, 0.1) is 0 Å². The molecule has 1 fully saturated rings. The van der Waals surface area contributed by atoms with Crippen molar-refractivity contribution in [1.29, 1.82) is 0 Å². The van der Waals surface area contributed by atoms with Crippen LogP contribution in [-0.4, -0.2) is 42.8 Å². The molecule has 0 spiro atoms. The summed E-state index contributed by atoms with van der Waals surface area (Å²) in [7, 11) is -3.70. The SMILES string of the molecule is O=C(Nc1cccc(C(F)(F)F)c1)[C@@H]1CS(=O)(=O)CN1C(=O)c1ccccc1. The summed E-state index contributed by atoms with van der Waals surface area (Å²) in [5, 5.41) is 2.27. The van der Waals surface area contributed by atoms with Crippen LogP contribution in [0.25, 0.3) is 0 Å². The van der Waals surface area contributed by atoms with Gasteiger partial charge in [0.15, 0.2) is 9.84 Å². The van der Waals surface area contributed by atoms with E-state index in [4.69, 9.17) is 0 Å². The summed E-state index contributed by atoms with van der Waals surface area (Å²) >= 11 is 0. The fourth-order valence-corrected chi connectivity index (χ4v) is 4.49. The van der Waals surface area contributed by atoms with Crippen LogP contribution in [-0.2, 0) is 20.8 Å². The summed E-state index contributed by atoms with van der Waals surface area (Å²) in [6, 6.07) is 10.4. The van der Waals surface area contributed by atoms with E-state index in [0.717, 1.165) is 23.1 Å². The van der Waals surface area contributed by atoms with Crippen molar-refractivity contribution in [3.63, 3.8) is 0 Å². The Morgan fingerprint density at radius 1 is 1.04 bits per heavy atom. The molecule has 10 heteroatoms. The number of sulfone groups is 1. The van der Waals surface area contributed by atoms with E-state index < -0.39 is 51.1 Å². The zero-order valence-corrected chi connectivity index (χ0v) is 15.1. The predicted molar refractivity (Wildman–Crippen MR) is 95.1 cm³/mol. The molecule has 1 heterocycles. The Kier molecular flexibility index (Phi) is 5.16. The molecule has 2 aromatic rings. The molecular formula is C18H15F3N2O4S. The third-order valence-corrected chi connectivity index (χ3v) is 5.66. The highest BCUT2D eigenvalue weighted by Gasteiger charge is 2.43. The zero-order valence-electron chi connectivity index (χ0n) is 14.3. The Bertz CT molecular complexity index is 1010. The molecule has 1 aliphatic rings. The van der Waals surface area contributed by atoms with Crippen molar-refractivity contribution in [2.24, 2.45) is 0 Å².